The second-order valence-corrected chi connectivity index (χ2v) is 6.05. The third-order valence-electron chi connectivity index (χ3n) is 3.83. The first-order chi connectivity index (χ1) is 11.7. The normalized spacial score (nSPS) is 15.0. The zero-order chi connectivity index (χ0) is 17.2. The SMILES string of the molecule is O=C(CCNC(=O)c1ccccc1Cl)NCCCN1CCOCC1. The third-order valence-corrected chi connectivity index (χ3v) is 4.16. The molecule has 0 saturated carbocycles. The van der Waals surface area contributed by atoms with E-state index in [4.69, 9.17) is 16.3 Å². The molecule has 1 aromatic carbocycles. The minimum absolute atomic E-state index is 0.0589. The molecule has 0 aliphatic carbocycles. The lowest BCUT2D eigenvalue weighted by molar-refractivity contribution is -0.120. The van der Waals surface area contributed by atoms with Crippen molar-refractivity contribution in [3.63, 3.8) is 0 Å². The number of nitrogens with one attached hydrogen (secondary N) is 2. The second kappa shape index (κ2) is 10.3. The van der Waals surface area contributed by atoms with Gasteiger partial charge >= 0.3 is 0 Å². The average Bonchev–Trinajstić information content (AvgIpc) is 2.60. The van der Waals surface area contributed by atoms with Gasteiger partial charge in [-0.2, -0.15) is 0 Å². The van der Waals surface area contributed by atoms with E-state index in [-0.39, 0.29) is 18.2 Å². The highest BCUT2D eigenvalue weighted by Gasteiger charge is 2.11. The molecule has 2 N–H and O–H groups in total. The minimum atomic E-state index is -0.263. The summed E-state index contributed by atoms with van der Waals surface area (Å²) >= 11 is 5.96. The number of rotatable bonds is 8. The second-order valence-electron chi connectivity index (χ2n) is 5.64. The molecule has 1 aliphatic rings. The molecule has 1 heterocycles. The van der Waals surface area contributed by atoms with Gasteiger partial charge in [0.05, 0.1) is 23.8 Å². The van der Waals surface area contributed by atoms with Crippen LogP contribution in [-0.2, 0) is 9.53 Å². The summed E-state index contributed by atoms with van der Waals surface area (Å²) < 4.78 is 5.29. The van der Waals surface area contributed by atoms with Crippen molar-refractivity contribution in [1.82, 2.24) is 15.5 Å². The number of carbonyl (C=O) groups excluding carboxylic acids is 2. The van der Waals surface area contributed by atoms with Crippen LogP contribution in [0.5, 0.6) is 0 Å². The maximum Gasteiger partial charge on any atom is 0.252 e. The Morgan fingerprint density at radius 3 is 2.62 bits per heavy atom. The van der Waals surface area contributed by atoms with Crippen LogP contribution < -0.4 is 10.6 Å². The summed E-state index contributed by atoms with van der Waals surface area (Å²) in [6, 6.07) is 6.84. The molecule has 1 aromatic rings. The Balaban J connectivity index is 1.54. The smallest absolute Gasteiger partial charge is 0.252 e. The van der Waals surface area contributed by atoms with Gasteiger partial charge in [0.25, 0.3) is 5.91 Å². The fraction of sp³-hybridized carbons (Fsp3) is 0.529. The highest BCUT2D eigenvalue weighted by molar-refractivity contribution is 6.33. The van der Waals surface area contributed by atoms with Gasteiger partial charge in [0, 0.05) is 32.6 Å². The molecule has 132 valence electrons. The summed E-state index contributed by atoms with van der Waals surface area (Å²) in [6.07, 6.45) is 1.17. The number of benzene rings is 1. The zero-order valence-corrected chi connectivity index (χ0v) is 14.5. The number of amides is 2. The lowest BCUT2D eigenvalue weighted by Crippen LogP contribution is -2.38. The Kier molecular flexibility index (Phi) is 8.01. The topological polar surface area (TPSA) is 70.7 Å². The number of nitrogens with zero attached hydrogens (tertiary/aromatic N) is 1. The molecule has 2 amide bonds. The largest absolute Gasteiger partial charge is 0.379 e. The van der Waals surface area contributed by atoms with Crippen LogP contribution in [0.15, 0.2) is 24.3 Å². The number of ether oxygens (including phenoxy) is 1. The predicted octanol–water partition coefficient (Wildman–Crippen LogP) is 1.30. The van der Waals surface area contributed by atoms with E-state index in [0.717, 1.165) is 39.3 Å². The number of morpholine rings is 1. The summed E-state index contributed by atoms with van der Waals surface area (Å²) in [6.45, 7) is 5.40. The molecule has 0 spiro atoms. The molecule has 2 rings (SSSR count). The summed E-state index contributed by atoms with van der Waals surface area (Å²) in [5.41, 5.74) is 0.421. The lowest BCUT2D eigenvalue weighted by atomic mass is 10.2. The molecular formula is C17H24ClN3O3. The number of hydrogen-bond donors (Lipinski definition) is 2. The highest BCUT2D eigenvalue weighted by atomic mass is 35.5. The fourth-order valence-electron chi connectivity index (χ4n) is 2.47. The van der Waals surface area contributed by atoms with E-state index >= 15 is 0 Å². The first-order valence-corrected chi connectivity index (χ1v) is 8.64. The Bertz CT molecular complexity index is 548. The Labute approximate surface area is 147 Å². The van der Waals surface area contributed by atoms with Crippen molar-refractivity contribution in [2.45, 2.75) is 12.8 Å². The minimum Gasteiger partial charge on any atom is -0.379 e. The summed E-state index contributed by atoms with van der Waals surface area (Å²) in [4.78, 5) is 26.0. The van der Waals surface area contributed by atoms with E-state index in [1.165, 1.54) is 0 Å². The van der Waals surface area contributed by atoms with E-state index in [0.29, 0.717) is 23.7 Å². The van der Waals surface area contributed by atoms with Crippen molar-refractivity contribution < 1.29 is 14.3 Å². The first-order valence-electron chi connectivity index (χ1n) is 8.26. The van der Waals surface area contributed by atoms with E-state index in [1.807, 2.05) is 0 Å². The molecule has 0 unspecified atom stereocenters. The summed E-state index contributed by atoms with van der Waals surface area (Å²) in [7, 11) is 0. The van der Waals surface area contributed by atoms with Crippen molar-refractivity contribution in [2.75, 3.05) is 45.9 Å². The van der Waals surface area contributed by atoms with Crippen LogP contribution >= 0.6 is 11.6 Å². The van der Waals surface area contributed by atoms with Crippen molar-refractivity contribution in [2.24, 2.45) is 0 Å². The van der Waals surface area contributed by atoms with Crippen LogP contribution in [0.4, 0.5) is 0 Å². The van der Waals surface area contributed by atoms with E-state index in [9.17, 15) is 9.59 Å². The van der Waals surface area contributed by atoms with Crippen LogP contribution in [0.1, 0.15) is 23.2 Å². The molecule has 0 aromatic heterocycles. The molecular weight excluding hydrogens is 330 g/mol. The highest BCUT2D eigenvalue weighted by Crippen LogP contribution is 2.14. The van der Waals surface area contributed by atoms with Gasteiger partial charge in [-0.05, 0) is 25.1 Å². The van der Waals surface area contributed by atoms with Gasteiger partial charge in [-0.15, -0.1) is 0 Å². The Hall–Kier alpha value is -1.63. The van der Waals surface area contributed by atoms with Gasteiger partial charge in [0.2, 0.25) is 5.91 Å². The lowest BCUT2D eigenvalue weighted by Gasteiger charge is -2.26. The molecule has 7 heteroatoms. The van der Waals surface area contributed by atoms with Crippen LogP contribution in [0, 0.1) is 0 Å². The summed E-state index contributed by atoms with van der Waals surface area (Å²) in [5.74, 6) is -0.322. The van der Waals surface area contributed by atoms with Crippen molar-refractivity contribution in [1.29, 1.82) is 0 Å². The van der Waals surface area contributed by atoms with Crippen LogP contribution in [0.3, 0.4) is 0 Å². The Morgan fingerprint density at radius 1 is 1.12 bits per heavy atom. The standard InChI is InChI=1S/C17H24ClN3O3/c18-15-5-2-1-4-14(15)17(23)20-8-6-16(22)19-7-3-9-21-10-12-24-13-11-21/h1-2,4-5H,3,6-13H2,(H,19,22)(H,20,23). The quantitative estimate of drug-likeness (QED) is 0.691. The molecule has 1 fully saturated rings. The van der Waals surface area contributed by atoms with Gasteiger partial charge < -0.3 is 15.4 Å². The zero-order valence-electron chi connectivity index (χ0n) is 13.7. The number of carbonyl (C=O) groups is 2. The molecule has 0 radical (unpaired) electrons. The maximum absolute atomic E-state index is 11.9. The molecule has 1 aliphatic heterocycles. The predicted molar refractivity (Wildman–Crippen MR) is 93.3 cm³/mol. The number of halogens is 1. The average molecular weight is 354 g/mol. The fourth-order valence-corrected chi connectivity index (χ4v) is 2.70. The van der Waals surface area contributed by atoms with E-state index in [1.54, 1.807) is 24.3 Å². The number of hydrogen-bond acceptors (Lipinski definition) is 4. The van der Waals surface area contributed by atoms with E-state index in [2.05, 4.69) is 15.5 Å². The molecule has 0 bridgehead atoms. The van der Waals surface area contributed by atoms with Crippen molar-refractivity contribution in [3.8, 4) is 0 Å². The first kappa shape index (κ1) is 18.7. The van der Waals surface area contributed by atoms with Crippen LogP contribution in [-0.4, -0.2) is 62.7 Å². The molecule has 6 nitrogen and oxygen atoms in total. The molecule has 0 atom stereocenters. The van der Waals surface area contributed by atoms with Crippen molar-refractivity contribution in [3.05, 3.63) is 34.9 Å². The van der Waals surface area contributed by atoms with Crippen LogP contribution in [0.25, 0.3) is 0 Å². The van der Waals surface area contributed by atoms with Gasteiger partial charge in [-0.1, -0.05) is 23.7 Å². The van der Waals surface area contributed by atoms with Gasteiger partial charge in [0.1, 0.15) is 0 Å². The monoisotopic (exact) mass is 353 g/mol. The molecule has 1 saturated heterocycles. The van der Waals surface area contributed by atoms with Gasteiger partial charge in [-0.25, -0.2) is 0 Å². The van der Waals surface area contributed by atoms with Crippen molar-refractivity contribution >= 4 is 23.4 Å². The van der Waals surface area contributed by atoms with Crippen LogP contribution in [0.2, 0.25) is 5.02 Å². The maximum atomic E-state index is 11.9. The molecule has 24 heavy (non-hydrogen) atoms. The summed E-state index contributed by atoms with van der Waals surface area (Å²) in [5, 5.41) is 5.98. The van der Waals surface area contributed by atoms with Gasteiger partial charge in [0.15, 0.2) is 0 Å². The van der Waals surface area contributed by atoms with E-state index < -0.39 is 0 Å². The Morgan fingerprint density at radius 2 is 1.88 bits per heavy atom. The van der Waals surface area contributed by atoms with Gasteiger partial charge in [-0.3, -0.25) is 14.5 Å². The third kappa shape index (κ3) is 6.47.